The average Bonchev–Trinajstić information content (AvgIpc) is 3.21. The number of ketones is 1. The molecule has 1 aromatic heterocycles. The van der Waals surface area contributed by atoms with Crippen molar-refractivity contribution in [2.45, 2.75) is 6.04 Å². The minimum atomic E-state index is -1.05. The third-order valence-corrected chi connectivity index (χ3v) is 4.52. The van der Waals surface area contributed by atoms with E-state index in [2.05, 4.69) is 20.5 Å². The van der Waals surface area contributed by atoms with Gasteiger partial charge in [-0.05, 0) is 28.1 Å². The van der Waals surface area contributed by atoms with E-state index in [1.165, 1.54) is 36.1 Å². The van der Waals surface area contributed by atoms with Gasteiger partial charge in [-0.1, -0.05) is 47.6 Å². The summed E-state index contributed by atoms with van der Waals surface area (Å²) in [5, 5.41) is 11.3. The van der Waals surface area contributed by atoms with Crippen molar-refractivity contribution in [2.24, 2.45) is 10.9 Å². The Morgan fingerprint density at radius 3 is 2.46 bits per heavy atom. The highest BCUT2D eigenvalue weighted by Gasteiger charge is 2.44. The number of halogens is 1. The molecule has 1 aliphatic heterocycles. The van der Waals surface area contributed by atoms with Crippen molar-refractivity contribution in [1.82, 2.24) is 20.2 Å². The van der Waals surface area contributed by atoms with Crippen molar-refractivity contribution in [1.29, 1.82) is 0 Å². The number of hydrogen-bond acceptors (Lipinski definition) is 7. The van der Waals surface area contributed by atoms with Gasteiger partial charge >= 0.3 is 5.97 Å². The van der Waals surface area contributed by atoms with Crippen LogP contribution in [0.25, 0.3) is 0 Å². The summed E-state index contributed by atoms with van der Waals surface area (Å²) in [6.07, 6.45) is 0. The van der Waals surface area contributed by atoms with Gasteiger partial charge in [0.1, 0.15) is 11.5 Å². The molecule has 0 N–H and O–H groups in total. The van der Waals surface area contributed by atoms with Crippen LogP contribution in [0.4, 0.5) is 10.3 Å². The number of aliphatic imine (C=N–C) groups is 1. The highest BCUT2D eigenvalue weighted by Crippen LogP contribution is 2.36. The van der Waals surface area contributed by atoms with Crippen LogP contribution in [-0.4, -0.2) is 44.8 Å². The summed E-state index contributed by atoms with van der Waals surface area (Å²) >= 11 is 0. The van der Waals surface area contributed by atoms with Crippen molar-refractivity contribution in [3.8, 4) is 0 Å². The number of hydrogen-bond donors (Lipinski definition) is 0. The maximum absolute atomic E-state index is 13.5. The molecule has 8 nitrogen and oxygen atoms in total. The molecule has 0 bridgehead atoms. The van der Waals surface area contributed by atoms with E-state index in [1.54, 1.807) is 30.3 Å². The van der Waals surface area contributed by atoms with Crippen LogP contribution in [-0.2, 0) is 9.53 Å². The fourth-order valence-electron chi connectivity index (χ4n) is 3.23. The molecule has 0 saturated heterocycles. The Bertz CT molecular complexity index is 1060. The van der Waals surface area contributed by atoms with Gasteiger partial charge in [0.05, 0.1) is 19.1 Å². The van der Waals surface area contributed by atoms with Gasteiger partial charge in [0.2, 0.25) is 0 Å². The van der Waals surface area contributed by atoms with Gasteiger partial charge in [0.25, 0.3) is 5.95 Å². The number of methoxy groups -OCH3 is 1. The lowest BCUT2D eigenvalue weighted by molar-refractivity contribution is -0.133. The monoisotopic (exact) mass is 379 g/mol. The molecule has 0 saturated carbocycles. The number of Topliss-reactive ketones (excluding diaryl/α,β-unsaturated/α-hetero) is 1. The molecule has 1 aliphatic rings. The van der Waals surface area contributed by atoms with Crippen LogP contribution in [0.5, 0.6) is 0 Å². The van der Waals surface area contributed by atoms with E-state index in [4.69, 9.17) is 4.74 Å². The van der Waals surface area contributed by atoms with E-state index < -0.39 is 23.7 Å². The zero-order valence-electron chi connectivity index (χ0n) is 14.7. The molecule has 2 unspecified atom stereocenters. The van der Waals surface area contributed by atoms with Crippen LogP contribution in [0, 0.1) is 11.7 Å². The Morgan fingerprint density at radius 1 is 1.07 bits per heavy atom. The Balaban J connectivity index is 1.91. The first-order valence-corrected chi connectivity index (χ1v) is 8.39. The molecule has 3 aromatic rings. The Labute approximate surface area is 158 Å². The SMILES string of the molecule is COC(=O)C1=Nc2nnnn2C(c2ccc(F)cc2)C1C(=O)c1ccccc1. The van der Waals surface area contributed by atoms with Crippen LogP contribution in [0.2, 0.25) is 0 Å². The Kier molecular flexibility index (Phi) is 4.48. The van der Waals surface area contributed by atoms with E-state index in [0.29, 0.717) is 11.1 Å². The lowest BCUT2D eigenvalue weighted by atomic mass is 9.82. The van der Waals surface area contributed by atoms with Crippen molar-refractivity contribution in [3.05, 3.63) is 71.5 Å². The number of aromatic nitrogens is 4. The van der Waals surface area contributed by atoms with Crippen LogP contribution in [0.1, 0.15) is 22.0 Å². The smallest absolute Gasteiger partial charge is 0.353 e. The van der Waals surface area contributed by atoms with Gasteiger partial charge < -0.3 is 4.74 Å². The Morgan fingerprint density at radius 2 is 1.79 bits per heavy atom. The van der Waals surface area contributed by atoms with Crippen molar-refractivity contribution in [2.75, 3.05) is 7.11 Å². The second-order valence-electron chi connectivity index (χ2n) is 6.12. The molecule has 0 spiro atoms. The van der Waals surface area contributed by atoms with Gasteiger partial charge in [0, 0.05) is 5.56 Å². The molecule has 0 radical (unpaired) electrons. The van der Waals surface area contributed by atoms with Crippen molar-refractivity contribution >= 4 is 23.4 Å². The van der Waals surface area contributed by atoms with E-state index in [0.717, 1.165) is 0 Å². The van der Waals surface area contributed by atoms with Crippen LogP contribution in [0.15, 0.2) is 59.6 Å². The molecule has 140 valence electrons. The predicted molar refractivity (Wildman–Crippen MR) is 95.7 cm³/mol. The van der Waals surface area contributed by atoms with E-state index in [9.17, 15) is 14.0 Å². The fraction of sp³-hybridized carbons (Fsp3) is 0.158. The van der Waals surface area contributed by atoms with Crippen molar-refractivity contribution in [3.63, 3.8) is 0 Å². The molecule has 2 atom stereocenters. The molecule has 4 rings (SSSR count). The standard InChI is InChI=1S/C19H14FN5O3/c1-28-18(27)15-14(17(26)12-5-3-2-4-6-12)16(11-7-9-13(20)10-8-11)25-19(21-15)22-23-24-25/h2-10,14,16H,1H3. The zero-order valence-corrected chi connectivity index (χ0v) is 14.7. The summed E-state index contributed by atoms with van der Waals surface area (Å²) < 4.78 is 19.7. The second-order valence-corrected chi connectivity index (χ2v) is 6.12. The summed E-state index contributed by atoms with van der Waals surface area (Å²) in [7, 11) is 1.21. The zero-order chi connectivity index (χ0) is 19.7. The Hall–Kier alpha value is -3.75. The lowest BCUT2D eigenvalue weighted by Crippen LogP contribution is -2.41. The fourth-order valence-corrected chi connectivity index (χ4v) is 3.23. The molecule has 2 heterocycles. The number of ether oxygens (including phenoxy) is 1. The first-order valence-electron chi connectivity index (χ1n) is 8.39. The normalized spacial score (nSPS) is 18.1. The van der Waals surface area contributed by atoms with Gasteiger partial charge in [-0.25, -0.2) is 18.9 Å². The number of esters is 1. The molecule has 0 amide bonds. The summed E-state index contributed by atoms with van der Waals surface area (Å²) in [6, 6.07) is 13.3. The first-order chi connectivity index (χ1) is 13.6. The second kappa shape index (κ2) is 7.10. The highest BCUT2D eigenvalue weighted by molar-refractivity contribution is 6.42. The highest BCUT2D eigenvalue weighted by atomic mass is 19.1. The third-order valence-electron chi connectivity index (χ3n) is 4.52. The van der Waals surface area contributed by atoms with Crippen LogP contribution >= 0.6 is 0 Å². The molecule has 0 aliphatic carbocycles. The largest absolute Gasteiger partial charge is 0.465 e. The third kappa shape index (κ3) is 2.96. The molecular formula is C19H14FN5O3. The number of fused-ring (bicyclic) bond motifs is 1. The molecule has 28 heavy (non-hydrogen) atoms. The van der Waals surface area contributed by atoms with Gasteiger partial charge in [-0.15, -0.1) is 0 Å². The number of benzene rings is 2. The quantitative estimate of drug-likeness (QED) is 0.509. The topological polar surface area (TPSA) is 99.3 Å². The number of nitrogens with zero attached hydrogens (tertiary/aromatic N) is 5. The summed E-state index contributed by atoms with van der Waals surface area (Å²) in [4.78, 5) is 30.0. The molecule has 2 aromatic carbocycles. The molecule has 0 fully saturated rings. The van der Waals surface area contributed by atoms with Crippen LogP contribution < -0.4 is 0 Å². The summed E-state index contributed by atoms with van der Waals surface area (Å²) in [5.41, 5.74) is 0.848. The predicted octanol–water partition coefficient (Wildman–Crippen LogP) is 2.16. The summed E-state index contributed by atoms with van der Waals surface area (Å²) in [6.45, 7) is 0. The van der Waals surface area contributed by atoms with Crippen molar-refractivity contribution < 1.29 is 18.7 Å². The summed E-state index contributed by atoms with van der Waals surface area (Å²) in [5.74, 6) is -2.51. The first kappa shape index (κ1) is 17.7. The van der Waals surface area contributed by atoms with Crippen LogP contribution in [0.3, 0.4) is 0 Å². The minimum absolute atomic E-state index is 0.0619. The number of carbonyl (C=O) groups excluding carboxylic acids is 2. The number of carbonyl (C=O) groups is 2. The lowest BCUT2D eigenvalue weighted by Gasteiger charge is -2.29. The van der Waals surface area contributed by atoms with E-state index in [-0.39, 0.29) is 17.4 Å². The molecular weight excluding hydrogens is 365 g/mol. The maximum Gasteiger partial charge on any atom is 0.353 e. The van der Waals surface area contributed by atoms with E-state index in [1.807, 2.05) is 0 Å². The van der Waals surface area contributed by atoms with E-state index >= 15 is 0 Å². The number of tetrazole rings is 1. The minimum Gasteiger partial charge on any atom is -0.465 e. The van der Waals surface area contributed by atoms with Gasteiger partial charge in [-0.2, -0.15) is 0 Å². The number of rotatable bonds is 4. The van der Waals surface area contributed by atoms with Gasteiger partial charge in [0.15, 0.2) is 5.78 Å². The van der Waals surface area contributed by atoms with Gasteiger partial charge in [-0.3, -0.25) is 4.79 Å². The maximum atomic E-state index is 13.5. The average molecular weight is 379 g/mol. The molecule has 9 heteroatoms.